The van der Waals surface area contributed by atoms with Gasteiger partial charge in [-0.25, -0.2) is 9.97 Å². The largest absolute Gasteiger partial charge is 0.328 e. The van der Waals surface area contributed by atoms with Crippen LogP contribution < -0.4 is 5.32 Å². The van der Waals surface area contributed by atoms with E-state index in [0.717, 1.165) is 22.9 Å². The molecule has 1 spiro atoms. The number of nitrogens with zero attached hydrogens (tertiary/aromatic N) is 4. The van der Waals surface area contributed by atoms with E-state index in [4.69, 9.17) is 5.26 Å². The van der Waals surface area contributed by atoms with Crippen LogP contribution in [0.4, 0.5) is 5.95 Å². The van der Waals surface area contributed by atoms with Crippen molar-refractivity contribution >= 4 is 33.7 Å². The Labute approximate surface area is 158 Å². The Balaban J connectivity index is 1.52. The Morgan fingerprint density at radius 1 is 1.38 bits per heavy atom. The number of amides is 2. The molecule has 0 unspecified atom stereocenters. The number of nitriles is 1. The number of benzene rings is 1. The quantitative estimate of drug-likeness (QED) is 0.834. The predicted octanol–water partition coefficient (Wildman–Crippen LogP) is 2.24. The lowest BCUT2D eigenvalue weighted by atomic mass is 9.86. The van der Waals surface area contributed by atoms with Crippen molar-refractivity contribution in [3.63, 3.8) is 0 Å². The molecule has 0 radical (unpaired) electrons. The standard InChI is InChI=1S/C18H14BrN5O2/c19-11-1-2-13-14(7-11)18(4-5-18)10-24(16(13)26)9-15(25)23-17-21-6-3-12(8-20)22-17/h1-3,6-7H,4-5,9-10H2,(H,21,22,23,25). The van der Waals surface area contributed by atoms with E-state index in [2.05, 4.69) is 31.2 Å². The highest BCUT2D eigenvalue weighted by Crippen LogP contribution is 2.52. The predicted molar refractivity (Wildman–Crippen MR) is 96.3 cm³/mol. The highest BCUT2D eigenvalue weighted by molar-refractivity contribution is 9.10. The van der Waals surface area contributed by atoms with E-state index < -0.39 is 0 Å². The number of halogens is 1. The lowest BCUT2D eigenvalue weighted by Crippen LogP contribution is -2.46. The summed E-state index contributed by atoms with van der Waals surface area (Å²) < 4.78 is 0.955. The van der Waals surface area contributed by atoms with E-state index in [1.54, 1.807) is 4.90 Å². The summed E-state index contributed by atoms with van der Waals surface area (Å²) in [5, 5.41) is 11.4. The minimum Gasteiger partial charge on any atom is -0.328 e. The number of aromatic nitrogens is 2. The lowest BCUT2D eigenvalue weighted by Gasteiger charge is -2.34. The summed E-state index contributed by atoms with van der Waals surface area (Å²) in [6.45, 7) is 0.456. The number of anilines is 1. The first-order valence-electron chi connectivity index (χ1n) is 8.13. The second-order valence-corrected chi connectivity index (χ2v) is 7.47. The van der Waals surface area contributed by atoms with Crippen LogP contribution in [-0.2, 0) is 10.2 Å². The molecule has 8 heteroatoms. The van der Waals surface area contributed by atoms with Crippen LogP contribution >= 0.6 is 15.9 Å². The summed E-state index contributed by atoms with van der Waals surface area (Å²) in [7, 11) is 0. The number of hydrogen-bond acceptors (Lipinski definition) is 5. The average Bonchev–Trinajstić information content (AvgIpc) is 3.40. The van der Waals surface area contributed by atoms with Crippen molar-refractivity contribution in [2.75, 3.05) is 18.4 Å². The zero-order valence-corrected chi connectivity index (χ0v) is 15.3. The second-order valence-electron chi connectivity index (χ2n) is 6.56. The van der Waals surface area contributed by atoms with Gasteiger partial charge in [0.2, 0.25) is 11.9 Å². The Kier molecular flexibility index (Phi) is 3.96. The van der Waals surface area contributed by atoms with Crippen LogP contribution in [0.25, 0.3) is 0 Å². The highest BCUT2D eigenvalue weighted by atomic mass is 79.9. The van der Waals surface area contributed by atoms with Crippen molar-refractivity contribution in [2.45, 2.75) is 18.3 Å². The minimum atomic E-state index is -0.384. The van der Waals surface area contributed by atoms with Gasteiger partial charge in [0.25, 0.3) is 5.91 Å². The number of carbonyl (C=O) groups is 2. The van der Waals surface area contributed by atoms with E-state index in [9.17, 15) is 9.59 Å². The Morgan fingerprint density at radius 2 is 2.19 bits per heavy atom. The summed E-state index contributed by atoms with van der Waals surface area (Å²) in [4.78, 5) is 34.6. The molecule has 2 amide bonds. The molecule has 1 aliphatic carbocycles. The van der Waals surface area contributed by atoms with Gasteiger partial charge >= 0.3 is 0 Å². The normalized spacial score (nSPS) is 16.8. The van der Waals surface area contributed by atoms with Gasteiger partial charge in [0.05, 0.1) is 0 Å². The first-order valence-corrected chi connectivity index (χ1v) is 8.92. The molecule has 1 aromatic heterocycles. The Bertz CT molecular complexity index is 964. The second kappa shape index (κ2) is 6.18. The van der Waals surface area contributed by atoms with Crippen LogP contribution in [0.2, 0.25) is 0 Å². The zero-order chi connectivity index (χ0) is 18.3. The van der Waals surface area contributed by atoms with E-state index in [1.165, 1.54) is 12.3 Å². The molecular formula is C18H14BrN5O2. The molecule has 0 bridgehead atoms. The third-order valence-electron chi connectivity index (χ3n) is 4.77. The fraction of sp³-hybridized carbons (Fsp3) is 0.278. The molecule has 0 atom stereocenters. The summed E-state index contributed by atoms with van der Waals surface area (Å²) in [5.74, 6) is -0.472. The molecule has 1 N–H and O–H groups in total. The molecule has 7 nitrogen and oxygen atoms in total. The van der Waals surface area contributed by atoms with Gasteiger partial charge in [-0.15, -0.1) is 0 Å². The van der Waals surface area contributed by atoms with Crippen molar-refractivity contribution in [2.24, 2.45) is 0 Å². The molecule has 26 heavy (non-hydrogen) atoms. The highest BCUT2D eigenvalue weighted by Gasteiger charge is 2.51. The van der Waals surface area contributed by atoms with Crippen LogP contribution in [-0.4, -0.2) is 39.8 Å². The van der Waals surface area contributed by atoms with Crippen LogP contribution in [0.3, 0.4) is 0 Å². The SMILES string of the molecule is N#Cc1ccnc(NC(=O)CN2CC3(CC3)c3cc(Br)ccc3C2=O)n1. The third-order valence-corrected chi connectivity index (χ3v) is 5.27. The monoisotopic (exact) mass is 411 g/mol. The average molecular weight is 412 g/mol. The van der Waals surface area contributed by atoms with Gasteiger partial charge in [0.1, 0.15) is 18.3 Å². The zero-order valence-electron chi connectivity index (χ0n) is 13.7. The van der Waals surface area contributed by atoms with Gasteiger partial charge in [-0.1, -0.05) is 15.9 Å². The van der Waals surface area contributed by atoms with Gasteiger partial charge in [-0.05, 0) is 42.7 Å². The fourth-order valence-electron chi connectivity index (χ4n) is 3.36. The van der Waals surface area contributed by atoms with Crippen LogP contribution in [0, 0.1) is 11.3 Å². The number of carbonyl (C=O) groups excluding carboxylic acids is 2. The van der Waals surface area contributed by atoms with E-state index in [1.807, 2.05) is 24.3 Å². The summed E-state index contributed by atoms with van der Waals surface area (Å²) >= 11 is 3.47. The first-order chi connectivity index (χ1) is 12.5. The van der Waals surface area contributed by atoms with Crippen molar-refractivity contribution < 1.29 is 9.59 Å². The van der Waals surface area contributed by atoms with Gasteiger partial charge in [-0.3, -0.25) is 14.9 Å². The van der Waals surface area contributed by atoms with Crippen LogP contribution in [0.5, 0.6) is 0 Å². The molecule has 130 valence electrons. The molecule has 2 aromatic rings. The van der Waals surface area contributed by atoms with Crippen molar-refractivity contribution in [1.82, 2.24) is 14.9 Å². The smallest absolute Gasteiger partial charge is 0.254 e. The molecule has 2 heterocycles. The van der Waals surface area contributed by atoms with Gasteiger partial charge in [0.15, 0.2) is 0 Å². The maximum atomic E-state index is 12.8. The number of fused-ring (bicyclic) bond motifs is 2. The molecule has 0 saturated heterocycles. The summed E-state index contributed by atoms with van der Waals surface area (Å²) in [6.07, 6.45) is 3.42. The summed E-state index contributed by atoms with van der Waals surface area (Å²) in [6, 6.07) is 9.02. The maximum absolute atomic E-state index is 12.8. The topological polar surface area (TPSA) is 99.0 Å². The van der Waals surface area contributed by atoms with Crippen LogP contribution in [0.15, 0.2) is 34.9 Å². The first kappa shape index (κ1) is 16.7. The molecule has 1 saturated carbocycles. The molecule has 1 aliphatic heterocycles. The molecule has 4 rings (SSSR count). The number of nitrogens with one attached hydrogen (secondary N) is 1. The molecule has 1 fully saturated rings. The number of hydrogen-bond donors (Lipinski definition) is 1. The Hall–Kier alpha value is -2.79. The van der Waals surface area contributed by atoms with Gasteiger partial charge < -0.3 is 4.90 Å². The summed E-state index contributed by atoms with van der Waals surface area (Å²) in [5.41, 5.74) is 1.86. The van der Waals surface area contributed by atoms with Gasteiger partial charge in [-0.2, -0.15) is 5.26 Å². The van der Waals surface area contributed by atoms with E-state index in [0.29, 0.717) is 12.1 Å². The third kappa shape index (κ3) is 2.95. The molecule has 2 aliphatic rings. The van der Waals surface area contributed by atoms with Crippen molar-refractivity contribution in [1.29, 1.82) is 5.26 Å². The lowest BCUT2D eigenvalue weighted by molar-refractivity contribution is -0.117. The molecule has 1 aromatic carbocycles. The van der Waals surface area contributed by atoms with E-state index >= 15 is 0 Å². The van der Waals surface area contributed by atoms with Crippen molar-refractivity contribution in [3.8, 4) is 6.07 Å². The van der Waals surface area contributed by atoms with Crippen LogP contribution in [0.1, 0.15) is 34.5 Å². The van der Waals surface area contributed by atoms with Crippen molar-refractivity contribution in [3.05, 3.63) is 51.8 Å². The maximum Gasteiger partial charge on any atom is 0.254 e. The number of rotatable bonds is 3. The minimum absolute atomic E-state index is 0.0372. The van der Waals surface area contributed by atoms with Gasteiger partial charge in [0, 0.05) is 28.2 Å². The fourth-order valence-corrected chi connectivity index (χ4v) is 3.72. The Morgan fingerprint density at radius 3 is 2.92 bits per heavy atom. The van der Waals surface area contributed by atoms with E-state index in [-0.39, 0.29) is 35.4 Å². The molecular weight excluding hydrogens is 398 g/mol.